The number of rotatable bonds is 3. The average molecular weight is 319 g/mol. The summed E-state index contributed by atoms with van der Waals surface area (Å²) in [5, 5.41) is 6.64. The van der Waals surface area contributed by atoms with Crippen molar-refractivity contribution < 1.29 is 4.79 Å². The summed E-state index contributed by atoms with van der Waals surface area (Å²) in [5.41, 5.74) is 1.82. The fourth-order valence-electron chi connectivity index (χ4n) is 1.84. The third kappa shape index (κ3) is 4.43. The van der Waals surface area contributed by atoms with Gasteiger partial charge in [0.2, 0.25) is 5.95 Å². The summed E-state index contributed by atoms with van der Waals surface area (Å²) in [6, 6.07) is 7.07. The van der Waals surface area contributed by atoms with Gasteiger partial charge in [0, 0.05) is 22.4 Å². The summed E-state index contributed by atoms with van der Waals surface area (Å²) in [7, 11) is 0. The summed E-state index contributed by atoms with van der Waals surface area (Å²) < 4.78 is 0. The molecule has 1 aromatic carbocycles. The lowest BCUT2D eigenvalue weighted by Gasteiger charge is -2.20. The molecule has 2 N–H and O–H groups in total. The van der Waals surface area contributed by atoms with Crippen molar-refractivity contribution in [3.8, 4) is 0 Å². The van der Waals surface area contributed by atoms with Crippen LogP contribution in [0.25, 0.3) is 0 Å². The van der Waals surface area contributed by atoms with Crippen molar-refractivity contribution in [2.45, 2.75) is 33.2 Å². The molecule has 1 amide bonds. The standard InChI is InChI=1S/C16H19ClN4O/c1-10-9-11(17)5-6-12(10)19-15-18-8-7-13(20-15)14(22)21-16(2,3)4/h5-9H,1-4H3,(H,21,22)(H,18,19,20). The summed E-state index contributed by atoms with van der Waals surface area (Å²) in [6.07, 6.45) is 1.55. The molecule has 0 atom stereocenters. The third-order valence-electron chi connectivity index (χ3n) is 2.81. The molecule has 5 nitrogen and oxygen atoms in total. The van der Waals surface area contributed by atoms with Gasteiger partial charge in [-0.2, -0.15) is 0 Å². The van der Waals surface area contributed by atoms with E-state index in [2.05, 4.69) is 20.6 Å². The van der Waals surface area contributed by atoms with E-state index >= 15 is 0 Å². The van der Waals surface area contributed by atoms with Gasteiger partial charge in [0.25, 0.3) is 5.91 Å². The first kappa shape index (κ1) is 16.2. The molecule has 2 aromatic rings. The minimum atomic E-state index is -0.317. The number of halogens is 1. The molecule has 0 aliphatic rings. The van der Waals surface area contributed by atoms with Crippen LogP contribution in [-0.4, -0.2) is 21.4 Å². The quantitative estimate of drug-likeness (QED) is 0.905. The van der Waals surface area contributed by atoms with Crippen molar-refractivity contribution in [2.24, 2.45) is 0 Å². The van der Waals surface area contributed by atoms with Crippen molar-refractivity contribution in [1.29, 1.82) is 0 Å². The predicted molar refractivity (Wildman–Crippen MR) is 88.7 cm³/mol. The molecule has 0 fully saturated rings. The number of carbonyl (C=O) groups excluding carboxylic acids is 1. The Balaban J connectivity index is 2.20. The molecule has 0 aliphatic carbocycles. The van der Waals surface area contributed by atoms with Crippen molar-refractivity contribution in [3.63, 3.8) is 0 Å². The normalized spacial score (nSPS) is 11.1. The zero-order valence-electron chi connectivity index (χ0n) is 13.1. The van der Waals surface area contributed by atoms with E-state index < -0.39 is 0 Å². The molecule has 22 heavy (non-hydrogen) atoms. The van der Waals surface area contributed by atoms with Crippen LogP contribution in [0.1, 0.15) is 36.8 Å². The monoisotopic (exact) mass is 318 g/mol. The zero-order valence-corrected chi connectivity index (χ0v) is 13.8. The van der Waals surface area contributed by atoms with E-state index in [0.29, 0.717) is 16.7 Å². The van der Waals surface area contributed by atoms with E-state index in [0.717, 1.165) is 11.3 Å². The van der Waals surface area contributed by atoms with Crippen LogP contribution in [-0.2, 0) is 0 Å². The van der Waals surface area contributed by atoms with E-state index in [9.17, 15) is 4.79 Å². The Morgan fingerprint density at radius 1 is 1.23 bits per heavy atom. The van der Waals surface area contributed by atoms with Gasteiger partial charge >= 0.3 is 0 Å². The van der Waals surface area contributed by atoms with E-state index in [1.54, 1.807) is 18.3 Å². The van der Waals surface area contributed by atoms with E-state index in [4.69, 9.17) is 11.6 Å². The van der Waals surface area contributed by atoms with Gasteiger partial charge in [-0.1, -0.05) is 11.6 Å². The highest BCUT2D eigenvalue weighted by atomic mass is 35.5. The summed E-state index contributed by atoms with van der Waals surface area (Å²) in [5.74, 6) is 0.137. The molecule has 0 aliphatic heterocycles. The number of aryl methyl sites for hydroxylation is 1. The highest BCUT2D eigenvalue weighted by molar-refractivity contribution is 6.30. The molecule has 0 bridgehead atoms. The maximum atomic E-state index is 12.1. The first-order chi connectivity index (χ1) is 10.2. The second-order valence-corrected chi connectivity index (χ2v) is 6.49. The highest BCUT2D eigenvalue weighted by Crippen LogP contribution is 2.21. The van der Waals surface area contributed by atoms with Crippen LogP contribution in [0, 0.1) is 6.92 Å². The van der Waals surface area contributed by atoms with Gasteiger partial charge in [-0.3, -0.25) is 4.79 Å². The van der Waals surface area contributed by atoms with Gasteiger partial charge in [0.1, 0.15) is 5.69 Å². The fraction of sp³-hybridized carbons (Fsp3) is 0.312. The number of amides is 1. The van der Waals surface area contributed by atoms with Gasteiger partial charge in [-0.15, -0.1) is 0 Å². The Labute approximate surface area is 135 Å². The first-order valence-corrected chi connectivity index (χ1v) is 7.31. The van der Waals surface area contributed by atoms with Gasteiger partial charge in [-0.25, -0.2) is 9.97 Å². The van der Waals surface area contributed by atoms with Gasteiger partial charge in [0.05, 0.1) is 0 Å². The Hall–Kier alpha value is -2.14. The largest absolute Gasteiger partial charge is 0.346 e. The molecular weight excluding hydrogens is 300 g/mol. The second kappa shape index (κ2) is 6.32. The van der Waals surface area contributed by atoms with Crippen LogP contribution in [0.4, 0.5) is 11.6 Å². The average Bonchev–Trinajstić information content (AvgIpc) is 2.40. The van der Waals surface area contributed by atoms with Crippen LogP contribution in [0.3, 0.4) is 0 Å². The Morgan fingerprint density at radius 2 is 1.95 bits per heavy atom. The number of nitrogens with one attached hydrogen (secondary N) is 2. The molecule has 0 spiro atoms. The molecular formula is C16H19ClN4O. The Bertz CT molecular complexity index is 695. The smallest absolute Gasteiger partial charge is 0.270 e. The highest BCUT2D eigenvalue weighted by Gasteiger charge is 2.16. The maximum Gasteiger partial charge on any atom is 0.270 e. The number of benzene rings is 1. The van der Waals surface area contributed by atoms with Crippen molar-refractivity contribution >= 4 is 29.1 Å². The number of hydrogen-bond acceptors (Lipinski definition) is 4. The predicted octanol–water partition coefficient (Wildman–Crippen LogP) is 3.71. The number of aromatic nitrogens is 2. The topological polar surface area (TPSA) is 66.9 Å². The first-order valence-electron chi connectivity index (χ1n) is 6.93. The molecule has 0 unspecified atom stereocenters. The number of hydrogen-bond donors (Lipinski definition) is 2. The lowest BCUT2D eigenvalue weighted by molar-refractivity contribution is 0.0914. The van der Waals surface area contributed by atoms with E-state index in [1.807, 2.05) is 39.8 Å². The zero-order chi connectivity index (χ0) is 16.3. The van der Waals surface area contributed by atoms with Gasteiger partial charge in [-0.05, 0) is 57.5 Å². The van der Waals surface area contributed by atoms with E-state index in [-0.39, 0.29) is 11.4 Å². The summed E-state index contributed by atoms with van der Waals surface area (Å²) in [4.78, 5) is 20.5. The maximum absolute atomic E-state index is 12.1. The number of nitrogens with zero attached hydrogens (tertiary/aromatic N) is 2. The van der Waals surface area contributed by atoms with Gasteiger partial charge < -0.3 is 10.6 Å². The Morgan fingerprint density at radius 3 is 2.59 bits per heavy atom. The van der Waals surface area contributed by atoms with Crippen LogP contribution in [0.15, 0.2) is 30.5 Å². The molecule has 6 heteroatoms. The summed E-state index contributed by atoms with van der Waals surface area (Å²) >= 11 is 5.94. The molecule has 1 aromatic heterocycles. The molecule has 116 valence electrons. The number of carbonyl (C=O) groups is 1. The lowest BCUT2D eigenvalue weighted by atomic mass is 10.1. The Kier molecular flexibility index (Phi) is 4.66. The molecule has 2 rings (SSSR count). The molecule has 1 heterocycles. The fourth-order valence-corrected chi connectivity index (χ4v) is 2.06. The van der Waals surface area contributed by atoms with E-state index in [1.165, 1.54) is 0 Å². The lowest BCUT2D eigenvalue weighted by Crippen LogP contribution is -2.41. The minimum absolute atomic E-state index is 0.231. The SMILES string of the molecule is Cc1cc(Cl)ccc1Nc1nccc(C(=O)NC(C)(C)C)n1. The van der Waals surface area contributed by atoms with Crippen LogP contribution >= 0.6 is 11.6 Å². The minimum Gasteiger partial charge on any atom is -0.346 e. The molecule has 0 radical (unpaired) electrons. The second-order valence-electron chi connectivity index (χ2n) is 6.05. The van der Waals surface area contributed by atoms with Crippen molar-refractivity contribution in [1.82, 2.24) is 15.3 Å². The van der Waals surface area contributed by atoms with Crippen LogP contribution in [0.2, 0.25) is 5.02 Å². The van der Waals surface area contributed by atoms with Crippen LogP contribution < -0.4 is 10.6 Å². The third-order valence-corrected chi connectivity index (χ3v) is 3.05. The molecule has 0 saturated heterocycles. The molecule has 0 saturated carbocycles. The summed E-state index contributed by atoms with van der Waals surface area (Å²) in [6.45, 7) is 7.69. The number of anilines is 2. The van der Waals surface area contributed by atoms with Crippen molar-refractivity contribution in [2.75, 3.05) is 5.32 Å². The van der Waals surface area contributed by atoms with Crippen LogP contribution in [0.5, 0.6) is 0 Å². The van der Waals surface area contributed by atoms with Gasteiger partial charge in [0.15, 0.2) is 0 Å². The van der Waals surface area contributed by atoms with Crippen molar-refractivity contribution in [3.05, 3.63) is 46.7 Å².